The molecule has 0 rings (SSSR count). The van der Waals surface area contributed by atoms with Crippen LogP contribution in [0, 0.1) is 40.5 Å². The lowest BCUT2D eigenvalue weighted by atomic mass is 10.3. The van der Waals surface area contributed by atoms with Crippen LogP contribution in [0.25, 0.3) is 0 Å². The molecule has 0 fully saturated rings. The maximum Gasteiger partial charge on any atom is 0.394 e. The number of hydrogen-bond acceptors (Lipinski definition) is 24. The van der Waals surface area contributed by atoms with Crippen molar-refractivity contribution in [1.29, 1.82) is 0 Å². The second-order valence-electron chi connectivity index (χ2n) is 5.28. The van der Waals surface area contributed by atoms with Gasteiger partial charge in [-0.15, -0.1) is 49.1 Å². The molecule has 0 saturated heterocycles. The lowest BCUT2D eigenvalue weighted by Crippen LogP contribution is -2.16. The van der Waals surface area contributed by atoms with Gasteiger partial charge in [0.15, 0.2) is 0 Å². The zero-order chi connectivity index (χ0) is 39.3. The Balaban J connectivity index is -0.0000000120. The van der Waals surface area contributed by atoms with E-state index in [1.54, 1.807) is 6.92 Å². The predicted molar refractivity (Wildman–Crippen MR) is 231 cm³/mol. The number of aliphatic hydroxyl groups is 2. The molecule has 4 atom stereocenters. The Labute approximate surface area is 372 Å². The predicted octanol–water partition coefficient (Wildman–Crippen LogP) is 3.73. The third kappa shape index (κ3) is 960. The Bertz CT molecular complexity index is 949. The summed E-state index contributed by atoms with van der Waals surface area (Å²) in [5.74, 6) is 0. The fraction of sp³-hybridized carbons (Fsp3) is 1.00. The van der Waals surface area contributed by atoms with Crippen molar-refractivity contribution in [2.45, 2.75) is 143 Å². The van der Waals surface area contributed by atoms with Gasteiger partial charge in [-0.3, -0.25) is 18.2 Å². The first-order valence-corrected chi connectivity index (χ1v) is 13.9. The van der Waals surface area contributed by atoms with E-state index in [4.69, 9.17) is 104 Å². The van der Waals surface area contributed by atoms with E-state index >= 15 is 0 Å². The van der Waals surface area contributed by atoms with E-state index < -0.39 is 70.0 Å². The van der Waals surface area contributed by atoms with E-state index in [-0.39, 0.29) is 141 Å². The van der Waals surface area contributed by atoms with Gasteiger partial charge in [0.25, 0.3) is 20.3 Å². The van der Waals surface area contributed by atoms with Crippen molar-refractivity contribution in [3.8, 4) is 0 Å². The summed E-state index contributed by atoms with van der Waals surface area (Å²) < 4.78 is 104. The maximum absolute atomic E-state index is 9.72. The highest BCUT2D eigenvalue weighted by Gasteiger charge is 2.07. The Morgan fingerprint density at radius 1 is 0.565 bits per heavy atom. The fourth-order valence-corrected chi connectivity index (χ4v) is 0.680. The van der Waals surface area contributed by atoms with Crippen LogP contribution >= 0.6 is 0 Å². The van der Waals surface area contributed by atoms with E-state index in [1.807, 2.05) is 0 Å². The highest BCUT2D eigenvalue weighted by molar-refractivity contribution is 7.80. The Kier molecular flexibility index (Phi) is 293. The van der Waals surface area contributed by atoms with Gasteiger partial charge < -0.3 is 50.4 Å². The van der Waals surface area contributed by atoms with Crippen molar-refractivity contribution in [1.82, 2.24) is 0 Å². The molecule has 0 aliphatic carbocycles. The van der Waals surface area contributed by atoms with Gasteiger partial charge in [0.2, 0.25) is 0 Å². The molecule has 40 heteroatoms. The topological polar surface area (TPSA) is 623 Å². The molecular formula is C22H86N4O32S4-2. The monoisotopic (exact) mass is 1050 g/mol. The van der Waals surface area contributed by atoms with Crippen LogP contribution < -0.4 is 0 Å². The Morgan fingerprint density at radius 2 is 0.742 bits per heavy atom. The summed E-state index contributed by atoms with van der Waals surface area (Å²) in [5, 5.41) is 75.2. The molecule has 0 spiro atoms. The van der Waals surface area contributed by atoms with Crippen LogP contribution in [0.15, 0.2) is 0 Å². The van der Waals surface area contributed by atoms with Crippen LogP contribution in [0.3, 0.4) is 0 Å². The van der Waals surface area contributed by atoms with Crippen molar-refractivity contribution >= 4 is 43.5 Å². The molecule has 14 N–H and O–H groups in total. The molecule has 0 aliphatic heterocycles. The van der Waals surface area contributed by atoms with E-state index in [0.717, 1.165) is 0 Å². The fourth-order valence-electron chi connectivity index (χ4n) is 0.680. The number of hydrogen-bond donors (Lipinski definition) is 10. The molecule has 0 radical (unpaired) electrons. The van der Waals surface area contributed by atoms with E-state index in [9.17, 15) is 20.2 Å². The molecular weight excluding hydrogens is 961 g/mol. The zero-order valence-electron chi connectivity index (χ0n) is 23.0. The normalized spacial score (nSPS) is 8.71. The third-order valence-electron chi connectivity index (χ3n) is 1.66. The first-order chi connectivity index (χ1) is 20.3. The first kappa shape index (κ1) is 163. The SMILES string of the molecule is C.C.C.C.C.C.C.C.C.C.C.C.C.C.CC(CCO[N+](=O)[O-])O[N+](=O)[O-].CC(O)CCO.O.O.O=S(=O)(O)O.O=S(=O)(O)O.O=S([O-])OO.O=S([O-])OO.O=[N+]([O-])O.O=[N+]([O-])O. The minimum atomic E-state index is -4.67. The van der Waals surface area contributed by atoms with Crippen molar-refractivity contribution in [2.24, 2.45) is 0 Å². The summed E-state index contributed by atoms with van der Waals surface area (Å²) in [6.45, 7) is 2.95. The lowest BCUT2D eigenvalue weighted by molar-refractivity contribution is -0.773. The minimum Gasteiger partial charge on any atom is -0.748 e. The van der Waals surface area contributed by atoms with Crippen molar-refractivity contribution in [3.05, 3.63) is 40.5 Å². The molecule has 0 saturated carbocycles. The van der Waals surface area contributed by atoms with Crippen LogP contribution in [0.5, 0.6) is 0 Å². The quantitative estimate of drug-likeness (QED) is 0.0490. The van der Waals surface area contributed by atoms with Crippen LogP contribution in [-0.2, 0) is 61.9 Å². The van der Waals surface area contributed by atoms with Gasteiger partial charge in [-0.05, 0) is 26.7 Å². The number of nitrogens with zero attached hydrogens (tertiary/aromatic N) is 4. The molecule has 0 aromatic rings. The standard InChI is InChI=1S/C4H8N2O6.C4H10O2.14CH4.2HNO3.4H2O4S.2H2O/c1-4(12-6(9)10)2-3-11-5(7)8;1-4(6)2-3-5;;;;;;;;;;;;;;;2*2-1(3)4;2*1-5(2,3)4;2*1-4-5(2)3;;/h4H,2-3H2,1H3;4-6H,2-3H2,1H3;14*1H4;2*(H,2,3,4);2*(H2,1,2,3,4);2*1H,(H,2,3);2*1H2/p-2. The Morgan fingerprint density at radius 3 is 0.823 bits per heavy atom. The highest BCUT2D eigenvalue weighted by atomic mass is 32.3. The molecule has 62 heavy (non-hydrogen) atoms. The number of aliphatic hydroxyl groups excluding tert-OH is 2. The van der Waals surface area contributed by atoms with Gasteiger partial charge in [0.05, 0.1) is 12.7 Å². The van der Waals surface area contributed by atoms with E-state index in [2.05, 4.69) is 18.3 Å². The highest BCUT2D eigenvalue weighted by Crippen LogP contribution is 1.97. The van der Waals surface area contributed by atoms with E-state index in [0.29, 0.717) is 6.42 Å². The number of rotatable bonds is 10. The smallest absolute Gasteiger partial charge is 0.394 e. The molecule has 36 nitrogen and oxygen atoms in total. The lowest BCUT2D eigenvalue weighted by Gasteiger charge is -2.06. The van der Waals surface area contributed by atoms with Crippen LogP contribution in [0.4, 0.5) is 0 Å². The first-order valence-electron chi connectivity index (χ1n) is 9.06. The van der Waals surface area contributed by atoms with Gasteiger partial charge >= 0.3 is 20.8 Å². The van der Waals surface area contributed by atoms with Crippen molar-refractivity contribution < 1.29 is 133 Å². The van der Waals surface area contributed by atoms with Gasteiger partial charge in [0, 0.05) is 6.61 Å². The summed E-state index contributed by atoms with van der Waals surface area (Å²) in [6.07, 6.45) is -0.461. The molecule has 0 aromatic heterocycles. The Hall–Kier alpha value is -3.56. The summed E-state index contributed by atoms with van der Waals surface area (Å²) in [5.41, 5.74) is 0. The third-order valence-corrected chi connectivity index (χ3v) is 1.90. The van der Waals surface area contributed by atoms with Crippen molar-refractivity contribution in [3.63, 3.8) is 0 Å². The molecule has 0 aromatic carbocycles. The van der Waals surface area contributed by atoms with Crippen LogP contribution in [0.1, 0.15) is 131 Å². The molecule has 0 aliphatic rings. The molecule has 0 amide bonds. The average molecular weight is 1050 g/mol. The molecule has 412 valence electrons. The molecule has 0 heterocycles. The van der Waals surface area contributed by atoms with Crippen LogP contribution in [0.2, 0.25) is 0 Å². The van der Waals surface area contributed by atoms with E-state index in [1.165, 1.54) is 6.92 Å². The second kappa shape index (κ2) is 112. The van der Waals surface area contributed by atoms with Gasteiger partial charge in [-0.25, -0.2) is 18.9 Å². The van der Waals surface area contributed by atoms with Gasteiger partial charge in [-0.1, -0.05) is 104 Å². The van der Waals surface area contributed by atoms with Crippen LogP contribution in [-0.4, -0.2) is 140 Å². The summed E-state index contributed by atoms with van der Waals surface area (Å²) in [7, 11) is -9.33. The second-order valence-corrected chi connectivity index (χ2v) is 8.18. The van der Waals surface area contributed by atoms with Crippen molar-refractivity contribution in [2.75, 3.05) is 13.2 Å². The summed E-state index contributed by atoms with van der Waals surface area (Å²) >= 11 is -5.53. The molecule has 0 bridgehead atoms. The minimum absolute atomic E-state index is 0. The molecule has 4 unspecified atom stereocenters. The zero-order valence-corrected chi connectivity index (χ0v) is 26.3. The largest absolute Gasteiger partial charge is 0.748 e. The maximum atomic E-state index is 9.72. The summed E-state index contributed by atoms with van der Waals surface area (Å²) in [4.78, 5) is 44.0. The van der Waals surface area contributed by atoms with Gasteiger partial charge in [0.1, 0.15) is 28.8 Å². The summed E-state index contributed by atoms with van der Waals surface area (Å²) in [6, 6.07) is 0. The average Bonchev–Trinajstić information content (AvgIpc) is 2.76. The van der Waals surface area contributed by atoms with Gasteiger partial charge in [-0.2, -0.15) is 16.8 Å².